The summed E-state index contributed by atoms with van der Waals surface area (Å²) in [5.41, 5.74) is 12.1. The molecule has 3 aromatic heterocycles. The van der Waals surface area contributed by atoms with E-state index in [-0.39, 0.29) is 25.8 Å². The van der Waals surface area contributed by atoms with Crippen LogP contribution in [0.5, 0.6) is 11.5 Å². The van der Waals surface area contributed by atoms with Gasteiger partial charge in [-0.15, -0.1) is 47.5 Å². The maximum absolute atomic E-state index is 6.53. The molecule has 0 spiro atoms. The Bertz CT molecular complexity index is 2340. The fraction of sp³-hybridized carbons (Fsp3) is 0.238. The van der Waals surface area contributed by atoms with Gasteiger partial charge in [0.15, 0.2) is 0 Å². The van der Waals surface area contributed by atoms with Gasteiger partial charge in [0.05, 0.1) is 5.69 Å². The Morgan fingerprint density at radius 3 is 2.22 bits per heavy atom. The minimum atomic E-state index is -0.00409. The van der Waals surface area contributed by atoms with E-state index in [9.17, 15) is 0 Å². The van der Waals surface area contributed by atoms with Gasteiger partial charge in [-0.1, -0.05) is 51.4 Å². The number of rotatable bonds is 6. The van der Waals surface area contributed by atoms with Gasteiger partial charge in [-0.25, -0.2) is 4.98 Å². The van der Waals surface area contributed by atoms with Crippen molar-refractivity contribution in [1.29, 1.82) is 0 Å². The maximum atomic E-state index is 6.53. The number of aromatic nitrogens is 4. The second-order valence-electron chi connectivity index (χ2n) is 13.7. The molecule has 7 aromatic rings. The molecule has 0 fully saturated rings. The maximum Gasteiger partial charge on any atom is 2.00 e. The molecule has 4 aromatic carbocycles. The number of benzene rings is 4. The normalized spacial score (nSPS) is 11.7. The molecule has 7 rings (SSSR count). The quantitative estimate of drug-likeness (QED) is 0.0963. The van der Waals surface area contributed by atoms with Gasteiger partial charge in [-0.05, 0) is 103 Å². The first-order chi connectivity index (χ1) is 22.9. The summed E-state index contributed by atoms with van der Waals surface area (Å²) >= 11 is 1.77. The molecule has 0 radical (unpaired) electrons. The van der Waals surface area contributed by atoms with Crippen molar-refractivity contribution < 1.29 is 25.2 Å². The number of pyridine rings is 1. The van der Waals surface area contributed by atoms with Gasteiger partial charge in [0, 0.05) is 39.4 Å². The average molecular weight is 755 g/mol. The minimum absolute atomic E-state index is 0. The van der Waals surface area contributed by atoms with Gasteiger partial charge in [0.1, 0.15) is 5.82 Å². The Balaban J connectivity index is 0.00000417. The summed E-state index contributed by atoms with van der Waals surface area (Å²) in [6.07, 6.45) is 4.01. The summed E-state index contributed by atoms with van der Waals surface area (Å²) < 4.78 is 10.7. The monoisotopic (exact) mass is 754 g/mol. The van der Waals surface area contributed by atoms with E-state index in [0.717, 1.165) is 50.3 Å². The predicted octanol–water partition coefficient (Wildman–Crippen LogP) is 11.0. The van der Waals surface area contributed by atoms with Crippen molar-refractivity contribution in [1.82, 2.24) is 19.3 Å². The minimum Gasteiger partial charge on any atom is -0.509 e. The van der Waals surface area contributed by atoms with Crippen molar-refractivity contribution in [3.05, 3.63) is 125 Å². The molecular weight excluding hydrogens is 715 g/mol. The number of ether oxygens (including phenoxy) is 1. The molecule has 0 saturated carbocycles. The molecule has 5 nitrogen and oxygen atoms in total. The van der Waals surface area contributed by atoms with Crippen LogP contribution in [0.15, 0.2) is 83.9 Å². The second-order valence-corrected chi connectivity index (χ2v) is 14.6. The van der Waals surface area contributed by atoms with Crippen molar-refractivity contribution in [2.24, 2.45) is 0 Å². The number of para-hydroxylation sites is 1. The number of hydrogen-bond acceptors (Lipinski definition) is 4. The first-order valence-corrected chi connectivity index (χ1v) is 17.5. The number of hydrogen-bond donors (Lipinski definition) is 0. The van der Waals surface area contributed by atoms with Crippen LogP contribution in [-0.4, -0.2) is 25.6 Å². The number of fused-ring (bicyclic) bond motifs is 3. The van der Waals surface area contributed by atoms with Gasteiger partial charge in [-0.2, -0.15) is 16.7 Å². The molecule has 0 saturated heterocycles. The van der Waals surface area contributed by atoms with Gasteiger partial charge < -0.3 is 9.30 Å². The van der Waals surface area contributed by atoms with Crippen molar-refractivity contribution in [2.45, 2.75) is 65.7 Å². The zero-order valence-corrected chi connectivity index (χ0v) is 31.8. The molecular formula is C42H40N4OPdS. The first-order valence-electron chi connectivity index (χ1n) is 16.3. The van der Waals surface area contributed by atoms with Crippen LogP contribution in [0.3, 0.4) is 0 Å². The molecule has 250 valence electrons. The number of nitrogens with zero attached hydrogens (tertiary/aromatic N) is 4. The van der Waals surface area contributed by atoms with Crippen LogP contribution in [0, 0.1) is 46.8 Å². The average Bonchev–Trinajstić information content (AvgIpc) is 3.53. The Morgan fingerprint density at radius 2 is 1.51 bits per heavy atom. The van der Waals surface area contributed by atoms with Gasteiger partial charge in [0.25, 0.3) is 0 Å². The van der Waals surface area contributed by atoms with E-state index >= 15 is 0 Å². The van der Waals surface area contributed by atoms with E-state index in [2.05, 4.69) is 139 Å². The number of aryl methyl sites for hydroxylation is 4. The predicted molar refractivity (Wildman–Crippen MR) is 199 cm³/mol. The van der Waals surface area contributed by atoms with Crippen LogP contribution in [0.1, 0.15) is 54.4 Å². The molecule has 0 aliphatic heterocycles. The van der Waals surface area contributed by atoms with E-state index in [1.165, 1.54) is 32.7 Å². The van der Waals surface area contributed by atoms with Crippen LogP contribution in [0.25, 0.3) is 44.4 Å². The van der Waals surface area contributed by atoms with Gasteiger partial charge in [-0.3, -0.25) is 4.68 Å². The SMILES string of the molecule is CSc1cc(C)c(-c2c(C)nn(-c3[c-]c(Oc4[c-]c5c(cc4)c4ccccc4n5-c4cc(C(C)(C)C)ccn4)cc(C)c3)c2C)c(C)c1.[Pd+2]. The fourth-order valence-corrected chi connectivity index (χ4v) is 7.39. The van der Waals surface area contributed by atoms with Gasteiger partial charge in [0.2, 0.25) is 0 Å². The Hall–Kier alpha value is -4.15. The van der Waals surface area contributed by atoms with Crippen molar-refractivity contribution in [3.63, 3.8) is 0 Å². The van der Waals surface area contributed by atoms with Crippen molar-refractivity contribution >= 4 is 33.6 Å². The zero-order chi connectivity index (χ0) is 33.9. The van der Waals surface area contributed by atoms with Crippen LogP contribution in [0.4, 0.5) is 0 Å². The van der Waals surface area contributed by atoms with E-state index in [0.29, 0.717) is 11.5 Å². The topological polar surface area (TPSA) is 44.9 Å². The zero-order valence-electron chi connectivity index (χ0n) is 29.4. The van der Waals surface area contributed by atoms with Crippen molar-refractivity contribution in [2.75, 3.05) is 6.26 Å². The summed E-state index contributed by atoms with van der Waals surface area (Å²) in [7, 11) is 0. The summed E-state index contributed by atoms with van der Waals surface area (Å²) in [5.74, 6) is 2.09. The fourth-order valence-electron chi connectivity index (χ4n) is 6.80. The third-order valence-corrected chi connectivity index (χ3v) is 9.81. The molecule has 0 atom stereocenters. The van der Waals surface area contributed by atoms with Crippen molar-refractivity contribution in [3.8, 4) is 34.1 Å². The Morgan fingerprint density at radius 1 is 0.776 bits per heavy atom. The molecule has 0 aliphatic rings. The smallest absolute Gasteiger partial charge is 0.509 e. The van der Waals surface area contributed by atoms with Gasteiger partial charge >= 0.3 is 20.4 Å². The summed E-state index contributed by atoms with van der Waals surface area (Å²) in [5, 5.41) is 7.26. The summed E-state index contributed by atoms with van der Waals surface area (Å²) in [4.78, 5) is 6.08. The number of thioether (sulfide) groups is 1. The molecule has 3 heterocycles. The Kier molecular flexibility index (Phi) is 9.41. The third-order valence-electron chi connectivity index (χ3n) is 9.10. The standard InChI is InChI=1S/C42H40N4OS.Pd/c1-25-18-31(46-29(5)41(28(4)44-46)40-26(2)20-34(48-9)21-27(40)3)23-33(19-25)47-32-14-15-36-35-12-10-11-13-37(35)45(38(36)24-32)39-22-30(16-17-43-39)42(6,7)8;/h10-22H,1-9H3;/q-2;+2. The molecule has 0 bridgehead atoms. The largest absolute Gasteiger partial charge is 2.00 e. The molecule has 49 heavy (non-hydrogen) atoms. The van der Waals surface area contributed by atoms with Crippen LogP contribution < -0.4 is 4.74 Å². The van der Waals surface area contributed by atoms with E-state index in [4.69, 9.17) is 14.8 Å². The molecule has 0 amide bonds. The van der Waals surface area contributed by atoms with Crippen LogP contribution in [-0.2, 0) is 25.8 Å². The summed E-state index contributed by atoms with van der Waals surface area (Å²) in [6.45, 7) is 17.3. The van der Waals surface area contributed by atoms with E-state index in [1.807, 2.05) is 23.0 Å². The van der Waals surface area contributed by atoms with Crippen LogP contribution in [0.2, 0.25) is 0 Å². The molecule has 0 aliphatic carbocycles. The molecule has 0 N–H and O–H groups in total. The second kappa shape index (κ2) is 13.3. The van der Waals surface area contributed by atoms with E-state index in [1.54, 1.807) is 11.8 Å². The van der Waals surface area contributed by atoms with Crippen LogP contribution >= 0.6 is 11.8 Å². The first kappa shape index (κ1) is 34.7. The third kappa shape index (κ3) is 6.37. The molecule has 0 unspecified atom stereocenters. The molecule has 7 heteroatoms. The summed E-state index contributed by atoms with van der Waals surface area (Å²) in [6, 6.07) is 32.5. The Labute approximate surface area is 307 Å². The van der Waals surface area contributed by atoms with E-state index < -0.39 is 0 Å².